The van der Waals surface area contributed by atoms with Crippen molar-refractivity contribution in [1.82, 2.24) is 28.8 Å². The molecule has 12 nitrogen and oxygen atoms in total. The second-order valence-corrected chi connectivity index (χ2v) is 16.6. The molecule has 16 heteroatoms. The van der Waals surface area contributed by atoms with E-state index >= 15 is 0 Å². The van der Waals surface area contributed by atoms with E-state index in [1.165, 1.54) is 33.9 Å². The number of amides is 1. The molecule has 1 aliphatic carbocycles. The summed E-state index contributed by atoms with van der Waals surface area (Å²) in [6.45, 7) is 9.31. The van der Waals surface area contributed by atoms with Crippen LogP contribution < -0.4 is 14.4 Å². The van der Waals surface area contributed by atoms with Gasteiger partial charge in [-0.2, -0.15) is 17.4 Å². The Morgan fingerprint density at radius 3 is 2.48 bits per heavy atom. The summed E-state index contributed by atoms with van der Waals surface area (Å²) in [5.41, 5.74) is 0.0908. The van der Waals surface area contributed by atoms with Crippen LogP contribution in [0.2, 0.25) is 0 Å². The van der Waals surface area contributed by atoms with E-state index in [0.717, 1.165) is 70.9 Å². The summed E-state index contributed by atoms with van der Waals surface area (Å²) in [4.78, 5) is 28.3. The highest BCUT2D eigenvalue weighted by atomic mass is 32.2. The number of carbonyl (C=O) groups excluding carboxylic acids is 1. The first-order chi connectivity index (χ1) is 23.8. The number of likely N-dealkylation sites (tertiary alicyclic amines) is 1. The number of anilines is 1. The van der Waals surface area contributed by atoms with Gasteiger partial charge in [-0.25, -0.2) is 23.1 Å². The molecule has 2 atom stereocenters. The zero-order chi connectivity index (χ0) is 35.3. The van der Waals surface area contributed by atoms with Crippen LogP contribution in [0.4, 0.5) is 19.0 Å². The third kappa shape index (κ3) is 7.45. The maximum atomic E-state index is 14.5. The monoisotopic (exact) mass is 721 g/mol. The first kappa shape index (κ1) is 35.4. The summed E-state index contributed by atoms with van der Waals surface area (Å²) in [7, 11) is -3.42. The lowest BCUT2D eigenvalue weighted by molar-refractivity contribution is -0.120. The standard InChI is InChI=1S/C34H46F3N7O5S/c1-23(2)44(26-15-34(36,37)16-26)32(45)28-14-24(35)4-7-29(28)49-30-17-38-22-39-31(30)42-20-33(21-42)8-12-41(13-9-33)18-27-6-5-25(19-48-27)40-50(46,47)43-10-3-11-43/h4,7,14,17,22-23,25-27,40H,3,5-6,8-13,15-16,18-21H2,1-2H3/t25-,27+/m1/s1. The van der Waals surface area contributed by atoms with E-state index in [0.29, 0.717) is 31.3 Å². The summed E-state index contributed by atoms with van der Waals surface area (Å²) >= 11 is 0. The zero-order valence-corrected chi connectivity index (χ0v) is 29.4. The molecule has 1 saturated carbocycles. The number of ether oxygens (including phenoxy) is 2. The van der Waals surface area contributed by atoms with Crippen molar-refractivity contribution >= 4 is 21.9 Å². The molecule has 1 aromatic heterocycles. The van der Waals surface area contributed by atoms with Crippen LogP contribution in [0, 0.1) is 11.2 Å². The highest BCUT2D eigenvalue weighted by Crippen LogP contribution is 2.46. The summed E-state index contributed by atoms with van der Waals surface area (Å²) in [5.74, 6) is -3.00. The molecule has 50 heavy (non-hydrogen) atoms. The van der Waals surface area contributed by atoms with Crippen molar-refractivity contribution in [2.75, 3.05) is 57.3 Å². The van der Waals surface area contributed by atoms with Gasteiger partial charge < -0.3 is 24.2 Å². The summed E-state index contributed by atoms with van der Waals surface area (Å²) in [5, 5.41) is 0. The van der Waals surface area contributed by atoms with E-state index in [1.807, 2.05) is 0 Å². The van der Waals surface area contributed by atoms with Crippen molar-refractivity contribution in [3.8, 4) is 11.5 Å². The smallest absolute Gasteiger partial charge is 0.279 e. The molecule has 274 valence electrons. The minimum absolute atomic E-state index is 0.0402. The molecule has 0 unspecified atom stereocenters. The predicted octanol–water partition coefficient (Wildman–Crippen LogP) is 4.05. The molecule has 5 fully saturated rings. The Hall–Kier alpha value is -3.05. The Kier molecular flexibility index (Phi) is 9.78. The van der Waals surface area contributed by atoms with E-state index in [1.54, 1.807) is 13.8 Å². The van der Waals surface area contributed by atoms with Crippen molar-refractivity contribution in [2.45, 2.75) is 88.9 Å². The maximum Gasteiger partial charge on any atom is 0.279 e. The molecule has 5 aliphatic rings. The predicted molar refractivity (Wildman–Crippen MR) is 179 cm³/mol. The summed E-state index contributed by atoms with van der Waals surface area (Å²) in [6.07, 6.45) is 6.70. The minimum Gasteiger partial charge on any atom is -0.451 e. The summed E-state index contributed by atoms with van der Waals surface area (Å²) < 4.78 is 83.3. The quantitative estimate of drug-likeness (QED) is 0.367. The number of rotatable bonds is 11. The Bertz CT molecular complexity index is 1650. The van der Waals surface area contributed by atoms with Crippen molar-refractivity contribution in [3.05, 3.63) is 42.1 Å². The number of hydrogen-bond acceptors (Lipinski definition) is 9. The van der Waals surface area contributed by atoms with E-state index in [2.05, 4.69) is 24.5 Å². The average molecular weight is 722 g/mol. The van der Waals surface area contributed by atoms with Gasteiger partial charge in [0.25, 0.3) is 22.0 Å². The summed E-state index contributed by atoms with van der Waals surface area (Å²) in [6, 6.07) is 2.47. The van der Waals surface area contributed by atoms with Gasteiger partial charge in [0.05, 0.1) is 24.5 Å². The second kappa shape index (κ2) is 13.8. The molecule has 2 aromatic rings. The van der Waals surface area contributed by atoms with Crippen LogP contribution in [-0.4, -0.2) is 121 Å². The molecule has 4 aliphatic heterocycles. The van der Waals surface area contributed by atoms with Gasteiger partial charge in [0.1, 0.15) is 17.9 Å². The van der Waals surface area contributed by atoms with Crippen molar-refractivity contribution in [1.29, 1.82) is 0 Å². The topological polar surface area (TPSA) is 120 Å². The van der Waals surface area contributed by atoms with Crippen molar-refractivity contribution < 1.29 is 35.9 Å². The second-order valence-electron chi connectivity index (χ2n) is 14.9. The van der Waals surface area contributed by atoms with Gasteiger partial charge in [-0.3, -0.25) is 4.79 Å². The van der Waals surface area contributed by atoms with Crippen LogP contribution in [0.3, 0.4) is 0 Å². The van der Waals surface area contributed by atoms with Gasteiger partial charge in [0.15, 0.2) is 11.6 Å². The van der Waals surface area contributed by atoms with E-state index in [-0.39, 0.29) is 34.9 Å². The molecule has 1 N–H and O–H groups in total. The molecule has 7 rings (SSSR count). The molecule has 0 bridgehead atoms. The number of carbonyl (C=O) groups is 1. The third-order valence-corrected chi connectivity index (χ3v) is 12.6. The number of nitrogens with zero attached hydrogens (tertiary/aromatic N) is 6. The van der Waals surface area contributed by atoms with Gasteiger partial charge in [0, 0.05) is 69.1 Å². The van der Waals surface area contributed by atoms with E-state index in [9.17, 15) is 26.4 Å². The molecule has 5 heterocycles. The van der Waals surface area contributed by atoms with E-state index < -0.39 is 46.7 Å². The third-order valence-electron chi connectivity index (χ3n) is 10.9. The Labute approximate surface area is 291 Å². The molecular weight excluding hydrogens is 675 g/mol. The fourth-order valence-corrected chi connectivity index (χ4v) is 9.36. The first-order valence-electron chi connectivity index (χ1n) is 17.6. The Morgan fingerprint density at radius 2 is 1.86 bits per heavy atom. The van der Waals surface area contributed by atoms with Crippen LogP contribution >= 0.6 is 0 Å². The van der Waals surface area contributed by atoms with Crippen LogP contribution in [0.25, 0.3) is 0 Å². The van der Waals surface area contributed by atoms with Crippen molar-refractivity contribution in [2.24, 2.45) is 5.41 Å². The number of halogens is 3. The molecule has 4 saturated heterocycles. The minimum atomic E-state index is -3.42. The Morgan fingerprint density at radius 1 is 1.12 bits per heavy atom. The highest BCUT2D eigenvalue weighted by molar-refractivity contribution is 7.87. The van der Waals surface area contributed by atoms with Crippen LogP contribution in [0.15, 0.2) is 30.7 Å². The van der Waals surface area contributed by atoms with Gasteiger partial charge in [-0.15, -0.1) is 0 Å². The van der Waals surface area contributed by atoms with Gasteiger partial charge in [-0.05, 0) is 77.2 Å². The lowest BCUT2D eigenvalue weighted by Gasteiger charge is -2.54. The lowest BCUT2D eigenvalue weighted by Crippen LogP contribution is -2.61. The molecule has 0 radical (unpaired) electrons. The molecule has 1 spiro atoms. The SMILES string of the molecule is CC(C)N(C(=O)c1cc(F)ccc1Oc1cncnc1N1CC2(CCN(C[C@@H]3CC[C@@H](NS(=O)(=O)N4CCC4)CO3)CC2)C1)C1CC(F)(F)C1. The zero-order valence-electron chi connectivity index (χ0n) is 28.6. The number of nitrogens with one attached hydrogen (secondary N) is 1. The number of benzene rings is 1. The molecule has 1 aromatic carbocycles. The van der Waals surface area contributed by atoms with E-state index in [4.69, 9.17) is 9.47 Å². The van der Waals surface area contributed by atoms with Crippen LogP contribution in [-0.2, 0) is 14.9 Å². The lowest BCUT2D eigenvalue weighted by atomic mass is 9.72. The van der Waals surface area contributed by atoms with Crippen LogP contribution in [0.1, 0.15) is 69.2 Å². The maximum absolute atomic E-state index is 14.5. The fourth-order valence-electron chi connectivity index (χ4n) is 7.87. The van der Waals surface area contributed by atoms with Crippen LogP contribution in [0.5, 0.6) is 11.5 Å². The van der Waals surface area contributed by atoms with Crippen molar-refractivity contribution in [3.63, 3.8) is 0 Å². The largest absolute Gasteiger partial charge is 0.451 e. The number of hydrogen-bond donors (Lipinski definition) is 1. The average Bonchev–Trinajstić information content (AvgIpc) is 3.00. The first-order valence-corrected chi connectivity index (χ1v) is 19.1. The Balaban J connectivity index is 0.929. The molecular formula is C34H46F3N7O5S. The highest BCUT2D eigenvalue weighted by Gasteiger charge is 2.50. The normalized spacial score (nSPS) is 25.5. The van der Waals surface area contributed by atoms with Gasteiger partial charge in [-0.1, -0.05) is 0 Å². The number of piperidine rings is 1. The fraction of sp³-hybridized carbons (Fsp3) is 0.676. The number of aromatic nitrogens is 2. The van der Waals surface area contributed by atoms with Gasteiger partial charge >= 0.3 is 0 Å². The van der Waals surface area contributed by atoms with Gasteiger partial charge in [0.2, 0.25) is 0 Å². The molecule has 1 amide bonds. The number of alkyl halides is 2.